The van der Waals surface area contributed by atoms with Crippen LogP contribution in [0.1, 0.15) is 37.5 Å². The van der Waals surface area contributed by atoms with Gasteiger partial charge < -0.3 is 4.74 Å². The van der Waals surface area contributed by atoms with Gasteiger partial charge in [-0.05, 0) is 60.2 Å². The van der Waals surface area contributed by atoms with E-state index in [-0.39, 0.29) is 17.9 Å². The van der Waals surface area contributed by atoms with Crippen LogP contribution in [0.3, 0.4) is 0 Å². The van der Waals surface area contributed by atoms with Gasteiger partial charge in [0.2, 0.25) is 0 Å². The molecule has 2 aromatic carbocycles. The number of halogens is 1. The van der Waals surface area contributed by atoms with E-state index in [1.54, 1.807) is 0 Å². The number of hydrogen-bond acceptors (Lipinski definition) is 4. The third-order valence-corrected chi connectivity index (χ3v) is 5.81. The van der Waals surface area contributed by atoms with E-state index in [1.807, 2.05) is 32.0 Å². The number of thiazole rings is 1. The maximum absolute atomic E-state index is 12.2. The molecule has 1 amide bonds. The molecule has 0 aliphatic carbocycles. The fourth-order valence-electron chi connectivity index (χ4n) is 2.74. The predicted molar refractivity (Wildman–Crippen MR) is 113 cm³/mol. The van der Waals surface area contributed by atoms with Crippen LogP contribution in [0.25, 0.3) is 10.2 Å². The number of aryl methyl sites for hydroxylation is 2. The normalized spacial score (nSPS) is 11.6. The number of rotatable bonds is 4. The van der Waals surface area contributed by atoms with Gasteiger partial charge in [-0.3, -0.25) is 10.1 Å². The fraction of sp³-hybridized carbons (Fsp3) is 0.333. The monoisotopic (exact) mass is 402 g/mol. The molecule has 142 valence electrons. The molecule has 0 bridgehead atoms. The number of anilines is 1. The molecule has 3 rings (SSSR count). The molecule has 1 aromatic heterocycles. The van der Waals surface area contributed by atoms with Gasteiger partial charge in [-0.25, -0.2) is 4.98 Å². The number of nitrogens with one attached hydrogen (secondary N) is 1. The summed E-state index contributed by atoms with van der Waals surface area (Å²) >= 11 is 7.62. The lowest BCUT2D eigenvalue weighted by atomic mass is 9.87. The van der Waals surface area contributed by atoms with Crippen molar-refractivity contribution in [2.24, 2.45) is 0 Å². The summed E-state index contributed by atoms with van der Waals surface area (Å²) in [5, 5.41) is 4.11. The van der Waals surface area contributed by atoms with Gasteiger partial charge in [-0.1, -0.05) is 49.8 Å². The van der Waals surface area contributed by atoms with E-state index in [9.17, 15) is 4.79 Å². The molecule has 27 heavy (non-hydrogen) atoms. The highest BCUT2D eigenvalue weighted by atomic mass is 35.5. The average molecular weight is 403 g/mol. The topological polar surface area (TPSA) is 51.2 Å². The van der Waals surface area contributed by atoms with Crippen molar-refractivity contribution in [1.29, 1.82) is 0 Å². The molecule has 0 saturated carbocycles. The van der Waals surface area contributed by atoms with E-state index >= 15 is 0 Å². The molecular formula is C21H23ClN2O2S. The maximum Gasteiger partial charge on any atom is 0.264 e. The highest BCUT2D eigenvalue weighted by molar-refractivity contribution is 7.22. The second kappa shape index (κ2) is 7.49. The first-order valence-corrected chi connectivity index (χ1v) is 9.93. The summed E-state index contributed by atoms with van der Waals surface area (Å²) in [6.07, 6.45) is 0. The van der Waals surface area contributed by atoms with Gasteiger partial charge in [0.25, 0.3) is 5.91 Å². The zero-order valence-corrected chi connectivity index (χ0v) is 17.7. The second-order valence-corrected chi connectivity index (χ2v) is 9.07. The zero-order chi connectivity index (χ0) is 19.8. The number of aromatic nitrogens is 1. The van der Waals surface area contributed by atoms with Crippen molar-refractivity contribution in [3.8, 4) is 5.75 Å². The molecule has 4 nitrogen and oxygen atoms in total. The van der Waals surface area contributed by atoms with Gasteiger partial charge in [0.05, 0.1) is 10.2 Å². The number of hydrogen-bond donors (Lipinski definition) is 1. The van der Waals surface area contributed by atoms with Crippen molar-refractivity contribution in [3.05, 3.63) is 52.0 Å². The van der Waals surface area contributed by atoms with Crippen molar-refractivity contribution >= 4 is 44.2 Å². The molecule has 0 saturated heterocycles. The Morgan fingerprint density at radius 3 is 2.48 bits per heavy atom. The Morgan fingerprint density at radius 1 is 1.19 bits per heavy atom. The third-order valence-electron chi connectivity index (χ3n) is 4.28. The van der Waals surface area contributed by atoms with Gasteiger partial charge in [0.1, 0.15) is 5.75 Å². The summed E-state index contributed by atoms with van der Waals surface area (Å²) in [6, 6.07) is 9.88. The molecule has 1 N–H and O–H groups in total. The molecular weight excluding hydrogens is 380 g/mol. The number of benzene rings is 2. The first-order chi connectivity index (χ1) is 12.6. The summed E-state index contributed by atoms with van der Waals surface area (Å²) in [5.74, 6) is 0.388. The summed E-state index contributed by atoms with van der Waals surface area (Å²) in [6.45, 7) is 10.3. The Labute approximate surface area is 168 Å². The van der Waals surface area contributed by atoms with E-state index in [1.165, 1.54) is 16.9 Å². The van der Waals surface area contributed by atoms with Crippen LogP contribution in [0.2, 0.25) is 5.02 Å². The van der Waals surface area contributed by atoms with Crippen molar-refractivity contribution in [2.45, 2.75) is 40.0 Å². The van der Waals surface area contributed by atoms with Crippen LogP contribution in [-0.2, 0) is 10.2 Å². The molecule has 0 fully saturated rings. The van der Waals surface area contributed by atoms with Crippen LogP contribution >= 0.6 is 22.9 Å². The van der Waals surface area contributed by atoms with Crippen molar-refractivity contribution in [2.75, 3.05) is 11.9 Å². The third kappa shape index (κ3) is 4.60. The highest BCUT2D eigenvalue weighted by Gasteiger charge is 2.16. The Bertz CT molecular complexity index is 982. The van der Waals surface area contributed by atoms with Crippen molar-refractivity contribution < 1.29 is 9.53 Å². The smallest absolute Gasteiger partial charge is 0.264 e. The van der Waals surface area contributed by atoms with Gasteiger partial charge >= 0.3 is 0 Å². The number of carbonyl (C=O) groups is 1. The minimum absolute atomic E-state index is 0.0737. The van der Waals surface area contributed by atoms with Crippen LogP contribution < -0.4 is 10.1 Å². The Kier molecular flexibility index (Phi) is 5.45. The summed E-state index contributed by atoms with van der Waals surface area (Å²) in [7, 11) is 0. The lowest BCUT2D eigenvalue weighted by molar-refractivity contribution is -0.118. The van der Waals surface area contributed by atoms with Crippen molar-refractivity contribution in [1.82, 2.24) is 4.98 Å². The number of amides is 1. The Balaban J connectivity index is 1.67. The standard InChI is InChI=1S/C21H23ClN2O2S/c1-12-8-15(9-13(2)19(12)22)26-11-18(25)24-20-23-16-7-6-14(21(3,4)5)10-17(16)27-20/h6-10H,11H2,1-5H3,(H,23,24,25). The Hall–Kier alpha value is -2.11. The summed E-state index contributed by atoms with van der Waals surface area (Å²) in [4.78, 5) is 16.7. The maximum atomic E-state index is 12.2. The lowest BCUT2D eigenvalue weighted by Crippen LogP contribution is -2.20. The molecule has 6 heteroatoms. The molecule has 1 heterocycles. The molecule has 0 atom stereocenters. The van der Waals surface area contributed by atoms with Gasteiger partial charge in [-0.2, -0.15) is 0 Å². The number of ether oxygens (including phenoxy) is 1. The predicted octanol–water partition coefficient (Wildman–Crippen LogP) is 5.88. The van der Waals surface area contributed by atoms with E-state index < -0.39 is 0 Å². The molecule has 0 spiro atoms. The quantitative estimate of drug-likeness (QED) is 0.592. The molecule has 0 aliphatic heterocycles. The summed E-state index contributed by atoms with van der Waals surface area (Å²) in [5.41, 5.74) is 4.05. The first-order valence-electron chi connectivity index (χ1n) is 8.74. The SMILES string of the molecule is Cc1cc(OCC(=O)Nc2nc3ccc(C(C)(C)C)cc3s2)cc(C)c1Cl. The molecule has 0 unspecified atom stereocenters. The molecule has 3 aromatic rings. The molecule has 0 radical (unpaired) electrons. The van der Waals surface area contributed by atoms with Gasteiger partial charge in [0.15, 0.2) is 11.7 Å². The van der Waals surface area contributed by atoms with Crippen LogP contribution in [0.4, 0.5) is 5.13 Å². The van der Waals surface area contributed by atoms with Crippen LogP contribution in [0.5, 0.6) is 5.75 Å². The Morgan fingerprint density at radius 2 is 1.85 bits per heavy atom. The largest absolute Gasteiger partial charge is 0.484 e. The van der Waals surface area contributed by atoms with E-state index in [2.05, 4.69) is 43.2 Å². The lowest BCUT2D eigenvalue weighted by Gasteiger charge is -2.18. The van der Waals surface area contributed by atoms with Crippen molar-refractivity contribution in [3.63, 3.8) is 0 Å². The summed E-state index contributed by atoms with van der Waals surface area (Å²) < 4.78 is 6.66. The van der Waals surface area contributed by atoms with Gasteiger partial charge in [-0.15, -0.1) is 0 Å². The van der Waals surface area contributed by atoms with E-state index in [0.717, 1.165) is 26.4 Å². The van der Waals surface area contributed by atoms with Crippen LogP contribution in [0, 0.1) is 13.8 Å². The number of fused-ring (bicyclic) bond motifs is 1. The highest BCUT2D eigenvalue weighted by Crippen LogP contribution is 2.31. The van der Waals surface area contributed by atoms with Crippen LogP contribution in [0.15, 0.2) is 30.3 Å². The van der Waals surface area contributed by atoms with Gasteiger partial charge in [0, 0.05) is 5.02 Å². The second-order valence-electron chi connectivity index (χ2n) is 7.66. The first kappa shape index (κ1) is 19.6. The van der Waals surface area contributed by atoms with Crippen LogP contribution in [-0.4, -0.2) is 17.5 Å². The molecule has 0 aliphatic rings. The van der Waals surface area contributed by atoms with E-state index in [0.29, 0.717) is 10.9 Å². The fourth-order valence-corrected chi connectivity index (χ4v) is 3.77. The minimum Gasteiger partial charge on any atom is -0.484 e. The number of carbonyl (C=O) groups excluding carboxylic acids is 1. The number of nitrogens with zero attached hydrogens (tertiary/aromatic N) is 1. The average Bonchev–Trinajstić information content (AvgIpc) is 2.98. The zero-order valence-electron chi connectivity index (χ0n) is 16.1. The van der Waals surface area contributed by atoms with E-state index in [4.69, 9.17) is 16.3 Å². The minimum atomic E-state index is -0.240.